The quantitative estimate of drug-likeness (QED) is 0.542. The first-order chi connectivity index (χ1) is 12.0. The van der Waals surface area contributed by atoms with Crippen LogP contribution in [0.5, 0.6) is 0 Å². The van der Waals surface area contributed by atoms with Gasteiger partial charge in [0.15, 0.2) is 6.33 Å². The van der Waals surface area contributed by atoms with Crippen LogP contribution in [0, 0.1) is 6.92 Å². The zero-order valence-electron chi connectivity index (χ0n) is 14.9. The van der Waals surface area contributed by atoms with E-state index < -0.39 is 0 Å². The highest BCUT2D eigenvalue weighted by Crippen LogP contribution is 2.28. The Morgan fingerprint density at radius 2 is 1.88 bits per heavy atom. The topological polar surface area (TPSA) is 52.4 Å². The van der Waals surface area contributed by atoms with E-state index in [-0.39, 0.29) is 0 Å². The van der Waals surface area contributed by atoms with Crippen LogP contribution >= 0.6 is 0 Å². The first-order valence-electron chi connectivity index (χ1n) is 8.37. The zero-order chi connectivity index (χ0) is 17.6. The average Bonchev–Trinajstić information content (AvgIpc) is 3.21. The molecule has 25 heavy (non-hydrogen) atoms. The number of fused-ring (bicyclic) bond motifs is 1. The molecule has 0 aliphatic rings. The summed E-state index contributed by atoms with van der Waals surface area (Å²) in [5.74, 6) is 1.09. The average molecular weight is 333 g/mol. The van der Waals surface area contributed by atoms with E-state index in [1.807, 2.05) is 22.5 Å². The lowest BCUT2D eigenvalue weighted by molar-refractivity contribution is -0.604. The summed E-state index contributed by atoms with van der Waals surface area (Å²) in [6, 6.07) is 6.42. The number of hydrogen-bond donors (Lipinski definition) is 0. The minimum Gasteiger partial charge on any atom is -0.350 e. The number of aryl methyl sites for hydroxylation is 2. The second kappa shape index (κ2) is 5.81. The minimum atomic E-state index is 0.475. The van der Waals surface area contributed by atoms with Crippen molar-refractivity contribution < 1.29 is 4.57 Å². The van der Waals surface area contributed by atoms with Crippen molar-refractivity contribution in [3.63, 3.8) is 0 Å². The van der Waals surface area contributed by atoms with E-state index in [1.165, 1.54) is 16.5 Å². The summed E-state index contributed by atoms with van der Waals surface area (Å²) in [6.07, 6.45) is 9.44. The lowest BCUT2D eigenvalue weighted by Crippen LogP contribution is -2.30. The Kier molecular flexibility index (Phi) is 3.60. The highest BCUT2D eigenvalue weighted by molar-refractivity contribution is 5.86. The number of benzene rings is 1. The van der Waals surface area contributed by atoms with Gasteiger partial charge in [-0.2, -0.15) is 4.57 Å². The molecule has 6 nitrogen and oxygen atoms in total. The molecule has 126 valence electrons. The van der Waals surface area contributed by atoms with Crippen LogP contribution in [-0.4, -0.2) is 24.3 Å². The lowest BCUT2D eigenvalue weighted by atomic mass is 10.0. The Labute approximate surface area is 146 Å². The van der Waals surface area contributed by atoms with E-state index in [4.69, 9.17) is 0 Å². The van der Waals surface area contributed by atoms with Crippen LogP contribution in [0.25, 0.3) is 22.5 Å². The molecule has 0 atom stereocenters. The van der Waals surface area contributed by atoms with Gasteiger partial charge in [0, 0.05) is 29.7 Å². The van der Waals surface area contributed by atoms with Gasteiger partial charge in [-0.25, -0.2) is 0 Å². The Hall–Kier alpha value is -3.02. The third-order valence-corrected chi connectivity index (χ3v) is 4.42. The summed E-state index contributed by atoms with van der Waals surface area (Å²) >= 11 is 0. The fraction of sp³-hybridized carbons (Fsp3) is 0.263. The van der Waals surface area contributed by atoms with Gasteiger partial charge in [0.2, 0.25) is 6.33 Å². The molecule has 0 aliphatic heterocycles. The molecule has 0 saturated carbocycles. The lowest BCUT2D eigenvalue weighted by Gasteiger charge is -2.03. The van der Waals surface area contributed by atoms with Gasteiger partial charge in [-0.3, -0.25) is 0 Å². The molecule has 0 amide bonds. The molecule has 0 fully saturated rings. The predicted molar refractivity (Wildman–Crippen MR) is 96.0 cm³/mol. The molecular formula is C19H21N6+. The van der Waals surface area contributed by atoms with E-state index >= 15 is 0 Å². The van der Waals surface area contributed by atoms with E-state index in [1.54, 1.807) is 18.7 Å². The van der Waals surface area contributed by atoms with Crippen molar-refractivity contribution in [2.45, 2.75) is 26.7 Å². The van der Waals surface area contributed by atoms with Gasteiger partial charge in [-0.15, -0.1) is 14.6 Å². The van der Waals surface area contributed by atoms with Crippen molar-refractivity contribution in [3.8, 4) is 11.6 Å². The van der Waals surface area contributed by atoms with Crippen LogP contribution in [0.3, 0.4) is 0 Å². The third-order valence-electron chi connectivity index (χ3n) is 4.42. The standard InChI is InChI=1S/C19H21N6/c1-13(2)17-10-23(4)18-6-5-15(7-16(17)18)25-12-24(11-22-25)19-20-8-14(3)9-21-19/h5-13H,1-4H3/q+1. The molecule has 1 aromatic carbocycles. The SMILES string of the molecule is Cc1cnc(-[n+]2cnn(-c3ccc4c(c3)c(C(C)C)cn4C)c2)nc1. The first-order valence-corrected chi connectivity index (χ1v) is 8.37. The van der Waals surface area contributed by atoms with E-state index in [2.05, 4.69) is 64.9 Å². The summed E-state index contributed by atoms with van der Waals surface area (Å²) in [4.78, 5) is 8.68. The summed E-state index contributed by atoms with van der Waals surface area (Å²) in [7, 11) is 2.09. The van der Waals surface area contributed by atoms with Crippen molar-refractivity contribution in [1.29, 1.82) is 0 Å². The molecule has 3 aromatic heterocycles. The van der Waals surface area contributed by atoms with Crippen LogP contribution in [0.4, 0.5) is 0 Å². The molecule has 0 N–H and O–H groups in total. The Balaban J connectivity index is 1.77. The second-order valence-corrected chi connectivity index (χ2v) is 6.71. The Morgan fingerprint density at radius 3 is 2.60 bits per heavy atom. The fourth-order valence-electron chi connectivity index (χ4n) is 3.06. The normalized spacial score (nSPS) is 11.6. The number of rotatable bonds is 3. The Bertz CT molecular complexity index is 1040. The van der Waals surface area contributed by atoms with Crippen molar-refractivity contribution in [3.05, 3.63) is 60.6 Å². The van der Waals surface area contributed by atoms with Gasteiger partial charge in [-0.1, -0.05) is 13.8 Å². The van der Waals surface area contributed by atoms with Crippen LogP contribution in [-0.2, 0) is 7.05 Å². The molecule has 0 radical (unpaired) electrons. The van der Waals surface area contributed by atoms with E-state index in [0.717, 1.165) is 11.3 Å². The molecule has 0 bridgehead atoms. The van der Waals surface area contributed by atoms with Crippen molar-refractivity contribution >= 4 is 10.9 Å². The van der Waals surface area contributed by atoms with E-state index in [9.17, 15) is 0 Å². The van der Waals surface area contributed by atoms with Gasteiger partial charge >= 0.3 is 5.95 Å². The van der Waals surface area contributed by atoms with Gasteiger partial charge in [0.05, 0.1) is 12.4 Å². The van der Waals surface area contributed by atoms with Gasteiger partial charge in [0.1, 0.15) is 5.69 Å². The van der Waals surface area contributed by atoms with Crippen LogP contribution in [0.2, 0.25) is 0 Å². The van der Waals surface area contributed by atoms with Gasteiger partial charge in [-0.05, 0) is 41.7 Å². The number of nitrogens with zero attached hydrogens (tertiary/aromatic N) is 6. The third kappa shape index (κ3) is 2.69. The van der Waals surface area contributed by atoms with Crippen LogP contribution in [0.1, 0.15) is 30.9 Å². The largest absolute Gasteiger partial charge is 0.360 e. The van der Waals surface area contributed by atoms with E-state index in [0.29, 0.717) is 11.9 Å². The number of aromatic nitrogens is 6. The minimum absolute atomic E-state index is 0.475. The van der Waals surface area contributed by atoms with Crippen molar-refractivity contribution in [2.24, 2.45) is 7.05 Å². The maximum absolute atomic E-state index is 4.47. The summed E-state index contributed by atoms with van der Waals surface area (Å²) < 4.78 is 5.84. The van der Waals surface area contributed by atoms with Crippen molar-refractivity contribution in [2.75, 3.05) is 0 Å². The predicted octanol–water partition coefficient (Wildman–Crippen LogP) is 2.86. The molecule has 4 rings (SSSR count). The molecule has 0 aliphatic carbocycles. The molecular weight excluding hydrogens is 312 g/mol. The maximum Gasteiger partial charge on any atom is 0.360 e. The molecule has 4 aromatic rings. The smallest absolute Gasteiger partial charge is 0.350 e. The molecule has 0 saturated heterocycles. The highest BCUT2D eigenvalue weighted by atomic mass is 15.4. The highest BCUT2D eigenvalue weighted by Gasteiger charge is 2.14. The molecule has 0 spiro atoms. The van der Waals surface area contributed by atoms with Crippen LogP contribution < -0.4 is 4.57 Å². The summed E-state index contributed by atoms with van der Waals surface area (Å²) in [5.41, 5.74) is 4.63. The fourth-order valence-corrected chi connectivity index (χ4v) is 3.06. The summed E-state index contributed by atoms with van der Waals surface area (Å²) in [6.45, 7) is 6.41. The summed E-state index contributed by atoms with van der Waals surface area (Å²) in [5, 5.41) is 5.73. The molecule has 3 heterocycles. The number of hydrogen-bond acceptors (Lipinski definition) is 3. The van der Waals surface area contributed by atoms with Crippen LogP contribution in [0.15, 0.2) is 49.4 Å². The monoisotopic (exact) mass is 333 g/mol. The molecule has 6 heteroatoms. The first kappa shape index (κ1) is 15.5. The second-order valence-electron chi connectivity index (χ2n) is 6.71. The Morgan fingerprint density at radius 1 is 1.12 bits per heavy atom. The van der Waals surface area contributed by atoms with Gasteiger partial charge in [0.25, 0.3) is 0 Å². The van der Waals surface area contributed by atoms with Gasteiger partial charge < -0.3 is 4.57 Å². The van der Waals surface area contributed by atoms with Crippen molar-refractivity contribution in [1.82, 2.24) is 24.3 Å². The maximum atomic E-state index is 4.47. The zero-order valence-corrected chi connectivity index (χ0v) is 14.9. The molecule has 0 unspecified atom stereocenters.